The Bertz CT molecular complexity index is 822. The fourth-order valence-electron chi connectivity index (χ4n) is 2.68. The normalized spacial score (nSPS) is 13.3. The average Bonchev–Trinajstić information content (AvgIpc) is 2.63. The van der Waals surface area contributed by atoms with Gasteiger partial charge in [-0.1, -0.05) is 49.7 Å². The largest absolute Gasteiger partial charge is 0.323 e. The van der Waals surface area contributed by atoms with Crippen molar-refractivity contribution < 1.29 is 9.72 Å². The minimum Gasteiger partial charge on any atom is -0.323 e. The van der Waals surface area contributed by atoms with Gasteiger partial charge in [-0.2, -0.15) is 0 Å². The molecule has 0 aromatic heterocycles. The van der Waals surface area contributed by atoms with Crippen molar-refractivity contribution in [3.8, 4) is 0 Å². The van der Waals surface area contributed by atoms with Gasteiger partial charge in [-0.3, -0.25) is 20.2 Å². The second-order valence-electron chi connectivity index (χ2n) is 6.84. The Morgan fingerprint density at radius 3 is 2.19 bits per heavy atom. The number of nitrogens with zero attached hydrogens (tertiary/aromatic N) is 1. The van der Waals surface area contributed by atoms with Crippen LogP contribution in [0.1, 0.15) is 50.8 Å². The van der Waals surface area contributed by atoms with Crippen LogP contribution >= 0.6 is 11.6 Å². The van der Waals surface area contributed by atoms with Gasteiger partial charge < -0.3 is 5.32 Å². The number of hydrogen-bond acceptors (Lipinski definition) is 4. The quantitative estimate of drug-likeness (QED) is 0.512. The van der Waals surface area contributed by atoms with E-state index in [4.69, 9.17) is 11.6 Å². The monoisotopic (exact) mass is 389 g/mol. The number of halogens is 1. The highest BCUT2D eigenvalue weighted by Crippen LogP contribution is 2.27. The van der Waals surface area contributed by atoms with E-state index < -0.39 is 11.0 Å². The number of hydrogen-bond donors (Lipinski definition) is 2. The average molecular weight is 390 g/mol. The van der Waals surface area contributed by atoms with Crippen LogP contribution in [0.5, 0.6) is 0 Å². The van der Waals surface area contributed by atoms with Crippen LogP contribution in [0.2, 0.25) is 5.02 Å². The van der Waals surface area contributed by atoms with Gasteiger partial charge in [0.15, 0.2) is 0 Å². The zero-order valence-electron chi connectivity index (χ0n) is 15.8. The van der Waals surface area contributed by atoms with Crippen LogP contribution in [0.25, 0.3) is 0 Å². The number of nitro groups is 1. The number of nitro benzene ring substituents is 1. The molecule has 0 unspecified atom stereocenters. The fraction of sp³-hybridized carbons (Fsp3) is 0.350. The molecule has 0 radical (unpaired) electrons. The topological polar surface area (TPSA) is 84.3 Å². The predicted molar refractivity (Wildman–Crippen MR) is 108 cm³/mol. The van der Waals surface area contributed by atoms with Crippen LogP contribution in [0.15, 0.2) is 42.5 Å². The number of carbonyl (C=O) groups excluding carboxylic acids is 1. The number of benzene rings is 2. The lowest BCUT2D eigenvalue weighted by atomic mass is 9.99. The van der Waals surface area contributed by atoms with Crippen LogP contribution in [0, 0.1) is 10.1 Å². The van der Waals surface area contributed by atoms with E-state index in [9.17, 15) is 14.9 Å². The number of nitrogens with one attached hydrogen (secondary N) is 2. The summed E-state index contributed by atoms with van der Waals surface area (Å²) in [4.78, 5) is 22.8. The summed E-state index contributed by atoms with van der Waals surface area (Å²) in [6.45, 7) is 8.00. The molecule has 0 aliphatic carbocycles. The molecular weight excluding hydrogens is 366 g/mol. The van der Waals surface area contributed by atoms with Gasteiger partial charge >= 0.3 is 0 Å². The molecule has 2 aromatic rings. The van der Waals surface area contributed by atoms with E-state index in [1.165, 1.54) is 23.8 Å². The maximum Gasteiger partial charge on any atom is 0.271 e. The summed E-state index contributed by atoms with van der Waals surface area (Å²) in [7, 11) is 0. The first-order valence-electron chi connectivity index (χ1n) is 8.79. The second kappa shape index (κ2) is 8.97. The lowest BCUT2D eigenvalue weighted by molar-refractivity contribution is -0.384. The third-order valence-electron chi connectivity index (χ3n) is 4.42. The summed E-state index contributed by atoms with van der Waals surface area (Å²) in [6, 6.07) is 11.7. The predicted octanol–water partition coefficient (Wildman–Crippen LogP) is 5.05. The zero-order valence-corrected chi connectivity index (χ0v) is 16.6. The minimum absolute atomic E-state index is 0.0347. The van der Waals surface area contributed by atoms with Crippen LogP contribution in [-0.4, -0.2) is 16.9 Å². The molecule has 0 saturated heterocycles. The van der Waals surface area contributed by atoms with E-state index in [-0.39, 0.29) is 28.3 Å². The molecule has 0 spiro atoms. The molecule has 0 bridgehead atoms. The molecule has 1 amide bonds. The van der Waals surface area contributed by atoms with Crippen molar-refractivity contribution in [2.24, 2.45) is 0 Å². The Labute approximate surface area is 164 Å². The number of anilines is 1. The van der Waals surface area contributed by atoms with Crippen molar-refractivity contribution in [2.45, 2.75) is 45.7 Å². The van der Waals surface area contributed by atoms with Gasteiger partial charge in [0, 0.05) is 18.2 Å². The maximum atomic E-state index is 12.5. The summed E-state index contributed by atoms with van der Waals surface area (Å²) in [5.74, 6) is 0.148. The van der Waals surface area contributed by atoms with Gasteiger partial charge in [0.25, 0.3) is 5.69 Å². The molecule has 0 saturated carbocycles. The first kappa shape index (κ1) is 20.9. The molecule has 2 N–H and O–H groups in total. The van der Waals surface area contributed by atoms with Gasteiger partial charge in [0.05, 0.1) is 21.7 Å². The van der Waals surface area contributed by atoms with E-state index in [2.05, 4.69) is 48.7 Å². The maximum absolute atomic E-state index is 12.5. The highest BCUT2D eigenvalue weighted by atomic mass is 35.5. The SMILES string of the molecule is CC(C)c1ccc([C@H](C)N[C@H](C)C(=O)Nc2cc([N+](=O)[O-])ccc2Cl)cc1. The molecule has 0 aliphatic heterocycles. The van der Waals surface area contributed by atoms with Crippen LogP contribution in [-0.2, 0) is 4.79 Å². The molecule has 2 rings (SSSR count). The molecule has 6 nitrogen and oxygen atoms in total. The summed E-state index contributed by atoms with van der Waals surface area (Å²) >= 11 is 6.03. The van der Waals surface area contributed by atoms with Crippen LogP contribution < -0.4 is 10.6 Å². The number of non-ortho nitro benzene ring substituents is 1. The van der Waals surface area contributed by atoms with E-state index >= 15 is 0 Å². The third-order valence-corrected chi connectivity index (χ3v) is 4.74. The Kier molecular flexibility index (Phi) is 6.93. The molecule has 0 fully saturated rings. The van der Waals surface area contributed by atoms with Gasteiger partial charge in [0.1, 0.15) is 0 Å². The first-order chi connectivity index (χ1) is 12.7. The molecule has 0 heterocycles. The zero-order chi connectivity index (χ0) is 20.1. The Morgan fingerprint density at radius 1 is 1.04 bits per heavy atom. The summed E-state index contributed by atoms with van der Waals surface area (Å²) in [5, 5.41) is 17.0. The van der Waals surface area contributed by atoms with Crippen molar-refractivity contribution in [2.75, 3.05) is 5.32 Å². The van der Waals surface area contributed by atoms with E-state index in [1.54, 1.807) is 6.92 Å². The van der Waals surface area contributed by atoms with E-state index in [1.807, 2.05) is 6.92 Å². The molecule has 2 atom stereocenters. The Morgan fingerprint density at radius 2 is 1.63 bits per heavy atom. The smallest absolute Gasteiger partial charge is 0.271 e. The Balaban J connectivity index is 2.03. The molecule has 2 aromatic carbocycles. The van der Waals surface area contributed by atoms with Crippen molar-refractivity contribution in [1.82, 2.24) is 5.32 Å². The van der Waals surface area contributed by atoms with Gasteiger partial charge in [-0.05, 0) is 37.0 Å². The summed E-state index contributed by atoms with van der Waals surface area (Å²) in [6.07, 6.45) is 0. The fourth-order valence-corrected chi connectivity index (χ4v) is 2.84. The number of carbonyl (C=O) groups is 1. The van der Waals surface area contributed by atoms with Crippen LogP contribution in [0.4, 0.5) is 11.4 Å². The molecular formula is C20H24ClN3O3. The molecule has 27 heavy (non-hydrogen) atoms. The molecule has 7 heteroatoms. The number of amides is 1. The second-order valence-corrected chi connectivity index (χ2v) is 7.25. The van der Waals surface area contributed by atoms with Crippen molar-refractivity contribution in [3.05, 3.63) is 68.7 Å². The standard InChI is InChI=1S/C20H24ClN3O3/c1-12(2)15-5-7-16(8-6-15)13(3)22-14(4)20(25)23-19-11-17(24(26)27)9-10-18(19)21/h5-14,22H,1-4H3,(H,23,25)/t13-,14+/m0/s1. The molecule has 0 aliphatic rings. The first-order valence-corrected chi connectivity index (χ1v) is 9.17. The van der Waals surface area contributed by atoms with Gasteiger partial charge in [0.2, 0.25) is 5.91 Å². The lowest BCUT2D eigenvalue weighted by Crippen LogP contribution is -2.39. The van der Waals surface area contributed by atoms with Gasteiger partial charge in [-0.25, -0.2) is 0 Å². The summed E-state index contributed by atoms with van der Waals surface area (Å²) in [5.41, 5.74) is 2.43. The highest BCUT2D eigenvalue weighted by molar-refractivity contribution is 6.33. The van der Waals surface area contributed by atoms with Crippen molar-refractivity contribution in [1.29, 1.82) is 0 Å². The van der Waals surface area contributed by atoms with Gasteiger partial charge in [-0.15, -0.1) is 0 Å². The minimum atomic E-state index is -0.531. The molecule has 144 valence electrons. The highest BCUT2D eigenvalue weighted by Gasteiger charge is 2.19. The van der Waals surface area contributed by atoms with Crippen LogP contribution in [0.3, 0.4) is 0 Å². The Hall–Kier alpha value is -2.44. The van der Waals surface area contributed by atoms with E-state index in [0.717, 1.165) is 5.56 Å². The number of rotatable bonds is 7. The lowest BCUT2D eigenvalue weighted by Gasteiger charge is -2.20. The van der Waals surface area contributed by atoms with E-state index in [0.29, 0.717) is 5.92 Å². The summed E-state index contributed by atoms with van der Waals surface area (Å²) < 4.78 is 0. The third kappa shape index (κ3) is 5.52. The van der Waals surface area contributed by atoms with Crippen molar-refractivity contribution >= 4 is 28.9 Å². The van der Waals surface area contributed by atoms with Crippen molar-refractivity contribution in [3.63, 3.8) is 0 Å².